The number of fused-ring (bicyclic) bond motifs is 1. The van der Waals surface area contributed by atoms with Gasteiger partial charge in [0.25, 0.3) is 0 Å². The van der Waals surface area contributed by atoms with E-state index in [-0.39, 0.29) is 24.0 Å². The summed E-state index contributed by atoms with van der Waals surface area (Å²) in [6.45, 7) is 12.4. The lowest BCUT2D eigenvalue weighted by Gasteiger charge is -2.23. The van der Waals surface area contributed by atoms with E-state index in [0.717, 1.165) is 42.7 Å². The first-order valence-electron chi connectivity index (χ1n) is 12.7. The minimum absolute atomic E-state index is 0.0265. The SMILES string of the molecule is CC(C)COC(=O)Nc1ccccc1C(C)Nc1nc(O[C@@H]2CCCNC2)nc2c(C(C)C)cnn12. The number of benzene rings is 1. The second-order valence-corrected chi connectivity index (χ2v) is 9.98. The fourth-order valence-electron chi connectivity index (χ4n) is 4.15. The number of anilines is 2. The van der Waals surface area contributed by atoms with Crippen molar-refractivity contribution >= 4 is 23.4 Å². The molecule has 0 radical (unpaired) electrons. The summed E-state index contributed by atoms with van der Waals surface area (Å²) in [6.07, 6.45) is 3.40. The van der Waals surface area contributed by atoms with Gasteiger partial charge >= 0.3 is 12.1 Å². The van der Waals surface area contributed by atoms with Gasteiger partial charge in [0.15, 0.2) is 5.65 Å². The zero-order chi connectivity index (χ0) is 25.7. The van der Waals surface area contributed by atoms with Gasteiger partial charge < -0.3 is 20.1 Å². The van der Waals surface area contributed by atoms with Gasteiger partial charge in [0.05, 0.1) is 18.8 Å². The minimum Gasteiger partial charge on any atom is -0.459 e. The van der Waals surface area contributed by atoms with Crippen molar-refractivity contribution in [1.29, 1.82) is 0 Å². The zero-order valence-corrected chi connectivity index (χ0v) is 21.7. The zero-order valence-electron chi connectivity index (χ0n) is 21.7. The van der Waals surface area contributed by atoms with Crippen LogP contribution in [0.2, 0.25) is 0 Å². The lowest BCUT2D eigenvalue weighted by atomic mass is 10.1. The van der Waals surface area contributed by atoms with Crippen LogP contribution >= 0.6 is 0 Å². The molecule has 1 amide bonds. The number of hydrogen-bond acceptors (Lipinski definition) is 8. The standard InChI is InChI=1S/C26H37N7O3/c1-16(2)15-35-26(34)30-22-11-7-6-10-20(22)18(5)29-24-32-25(36-19-9-8-12-27-13-19)31-23-21(17(3)4)14-28-33(23)24/h6-7,10-11,14,16-19,27H,8-9,12-13,15H2,1-5H3,(H,30,34)(H,29,31,32)/t18?,19-/m1/s1. The van der Waals surface area contributed by atoms with Crippen LogP contribution in [-0.2, 0) is 4.74 Å². The highest BCUT2D eigenvalue weighted by Crippen LogP contribution is 2.28. The molecule has 194 valence electrons. The monoisotopic (exact) mass is 495 g/mol. The van der Waals surface area contributed by atoms with E-state index >= 15 is 0 Å². The summed E-state index contributed by atoms with van der Waals surface area (Å²) < 4.78 is 13.2. The molecule has 1 aliphatic heterocycles. The first-order valence-corrected chi connectivity index (χ1v) is 12.7. The molecule has 36 heavy (non-hydrogen) atoms. The summed E-state index contributed by atoms with van der Waals surface area (Å²) in [4.78, 5) is 21.7. The van der Waals surface area contributed by atoms with Gasteiger partial charge in [0.2, 0.25) is 5.95 Å². The topological polar surface area (TPSA) is 115 Å². The molecule has 10 heteroatoms. The maximum Gasteiger partial charge on any atom is 0.411 e. The van der Waals surface area contributed by atoms with Crippen molar-refractivity contribution in [3.8, 4) is 6.01 Å². The van der Waals surface area contributed by atoms with E-state index in [2.05, 4.69) is 39.9 Å². The molecule has 3 N–H and O–H groups in total. The Labute approximate surface area is 212 Å². The second-order valence-electron chi connectivity index (χ2n) is 9.98. The predicted molar refractivity (Wildman–Crippen MR) is 140 cm³/mol. The number of amides is 1. The van der Waals surface area contributed by atoms with Crippen LogP contribution in [0.1, 0.15) is 70.5 Å². The van der Waals surface area contributed by atoms with Crippen LogP contribution in [0.15, 0.2) is 30.5 Å². The summed E-state index contributed by atoms with van der Waals surface area (Å²) in [5.74, 6) is 1.03. The van der Waals surface area contributed by atoms with Crippen molar-refractivity contribution in [2.75, 3.05) is 30.3 Å². The largest absolute Gasteiger partial charge is 0.459 e. The van der Waals surface area contributed by atoms with E-state index < -0.39 is 6.09 Å². The van der Waals surface area contributed by atoms with Gasteiger partial charge in [-0.3, -0.25) is 5.32 Å². The first-order chi connectivity index (χ1) is 17.3. The van der Waals surface area contributed by atoms with Gasteiger partial charge in [-0.2, -0.15) is 19.6 Å². The molecule has 2 aromatic heterocycles. The predicted octanol–water partition coefficient (Wildman–Crippen LogP) is 4.76. The summed E-state index contributed by atoms with van der Waals surface area (Å²) in [6, 6.07) is 7.75. The Balaban J connectivity index is 1.60. The fourth-order valence-corrected chi connectivity index (χ4v) is 4.15. The van der Waals surface area contributed by atoms with Crippen molar-refractivity contribution in [3.05, 3.63) is 41.6 Å². The highest BCUT2D eigenvalue weighted by Gasteiger charge is 2.22. The maximum absolute atomic E-state index is 12.3. The molecule has 1 aromatic carbocycles. The average Bonchev–Trinajstić information content (AvgIpc) is 3.28. The summed E-state index contributed by atoms with van der Waals surface area (Å²) in [5, 5.41) is 14.2. The van der Waals surface area contributed by atoms with Gasteiger partial charge in [-0.15, -0.1) is 0 Å². The molecule has 1 fully saturated rings. The third-order valence-electron chi connectivity index (χ3n) is 6.08. The van der Waals surface area contributed by atoms with Crippen LogP contribution in [0.3, 0.4) is 0 Å². The summed E-state index contributed by atoms with van der Waals surface area (Å²) in [5.41, 5.74) is 3.30. The van der Waals surface area contributed by atoms with Gasteiger partial charge in [-0.25, -0.2) is 4.79 Å². The smallest absolute Gasteiger partial charge is 0.411 e. The van der Waals surface area contributed by atoms with Crippen molar-refractivity contribution in [1.82, 2.24) is 24.9 Å². The first kappa shape index (κ1) is 25.7. The molecule has 0 saturated carbocycles. The lowest BCUT2D eigenvalue weighted by Crippen LogP contribution is -2.37. The van der Waals surface area contributed by atoms with Gasteiger partial charge in [0, 0.05) is 17.8 Å². The third-order valence-corrected chi connectivity index (χ3v) is 6.08. The third kappa shape index (κ3) is 6.23. The van der Waals surface area contributed by atoms with Gasteiger partial charge in [0.1, 0.15) is 6.10 Å². The van der Waals surface area contributed by atoms with Crippen LogP contribution in [0.4, 0.5) is 16.4 Å². The molecule has 0 bridgehead atoms. The number of ether oxygens (including phenoxy) is 2. The van der Waals surface area contributed by atoms with Gasteiger partial charge in [-0.05, 0) is 49.8 Å². The van der Waals surface area contributed by atoms with Crippen molar-refractivity contribution in [2.45, 2.75) is 65.5 Å². The maximum atomic E-state index is 12.3. The molecule has 10 nitrogen and oxygen atoms in total. The van der Waals surface area contributed by atoms with E-state index in [0.29, 0.717) is 24.3 Å². The number of aromatic nitrogens is 4. The van der Waals surface area contributed by atoms with E-state index in [9.17, 15) is 4.79 Å². The van der Waals surface area contributed by atoms with E-state index in [1.807, 2.05) is 51.2 Å². The van der Waals surface area contributed by atoms with Crippen LogP contribution in [0.5, 0.6) is 6.01 Å². The number of nitrogens with one attached hydrogen (secondary N) is 3. The Morgan fingerprint density at radius 3 is 2.69 bits per heavy atom. The quantitative estimate of drug-likeness (QED) is 0.389. The Kier molecular flexibility index (Phi) is 8.25. The molecular weight excluding hydrogens is 458 g/mol. The molecule has 1 saturated heterocycles. The number of carbonyl (C=O) groups excluding carboxylic acids is 1. The Morgan fingerprint density at radius 2 is 1.97 bits per heavy atom. The van der Waals surface area contributed by atoms with E-state index in [1.165, 1.54) is 0 Å². The molecule has 3 aromatic rings. The van der Waals surface area contributed by atoms with Crippen molar-refractivity contribution in [2.24, 2.45) is 5.92 Å². The van der Waals surface area contributed by atoms with Crippen LogP contribution in [0.25, 0.3) is 5.65 Å². The Hall–Kier alpha value is -3.40. The molecule has 3 heterocycles. The normalized spacial score (nSPS) is 16.8. The van der Waals surface area contributed by atoms with Crippen molar-refractivity contribution < 1.29 is 14.3 Å². The minimum atomic E-state index is -0.474. The molecule has 0 spiro atoms. The highest BCUT2D eigenvalue weighted by molar-refractivity contribution is 5.85. The average molecular weight is 496 g/mol. The van der Waals surface area contributed by atoms with Crippen molar-refractivity contribution in [3.63, 3.8) is 0 Å². The molecular formula is C26H37N7O3. The van der Waals surface area contributed by atoms with Crippen LogP contribution < -0.4 is 20.7 Å². The number of carbonyl (C=O) groups is 1. The number of rotatable bonds is 9. The second kappa shape index (κ2) is 11.6. The molecule has 2 atom stereocenters. The Morgan fingerprint density at radius 1 is 1.17 bits per heavy atom. The summed E-state index contributed by atoms with van der Waals surface area (Å²) in [7, 11) is 0. The Bertz CT molecular complexity index is 1170. The summed E-state index contributed by atoms with van der Waals surface area (Å²) >= 11 is 0. The highest BCUT2D eigenvalue weighted by atomic mass is 16.5. The fraction of sp³-hybridized carbons (Fsp3) is 0.538. The van der Waals surface area contributed by atoms with E-state index in [1.54, 1.807) is 4.52 Å². The molecule has 4 rings (SSSR count). The van der Waals surface area contributed by atoms with Crippen LogP contribution in [-0.4, -0.2) is 51.5 Å². The number of para-hydroxylation sites is 1. The number of hydrogen-bond donors (Lipinski definition) is 3. The molecule has 1 aliphatic rings. The molecule has 0 aliphatic carbocycles. The van der Waals surface area contributed by atoms with Gasteiger partial charge in [-0.1, -0.05) is 45.9 Å². The van der Waals surface area contributed by atoms with E-state index in [4.69, 9.17) is 14.5 Å². The lowest BCUT2D eigenvalue weighted by molar-refractivity contribution is 0.147. The van der Waals surface area contributed by atoms with Crippen LogP contribution in [0, 0.1) is 5.92 Å². The number of nitrogens with zero attached hydrogens (tertiary/aromatic N) is 4. The number of piperidine rings is 1. The molecule has 1 unspecified atom stereocenters.